The largest absolute Gasteiger partial charge is 0.293 e. The number of aryl methyl sites for hydroxylation is 1. The Hall–Kier alpha value is -0.470. The van der Waals surface area contributed by atoms with Crippen molar-refractivity contribution in [2.75, 3.05) is 5.75 Å². The van der Waals surface area contributed by atoms with Gasteiger partial charge in [-0.2, -0.15) is 0 Å². The molecule has 92 valence electrons. The normalized spacial score (nSPS) is 31.2. The van der Waals surface area contributed by atoms with E-state index >= 15 is 0 Å². The third-order valence-corrected chi connectivity index (χ3v) is 5.78. The zero-order valence-electron chi connectivity index (χ0n) is 10.8. The third kappa shape index (κ3) is 2.02. The van der Waals surface area contributed by atoms with E-state index in [0.717, 1.165) is 0 Å². The van der Waals surface area contributed by atoms with Crippen molar-refractivity contribution in [1.82, 2.24) is 5.32 Å². The first-order valence-corrected chi connectivity index (χ1v) is 7.62. The van der Waals surface area contributed by atoms with E-state index < -0.39 is 0 Å². The first-order valence-electron chi connectivity index (χ1n) is 6.63. The third-order valence-electron chi connectivity index (χ3n) is 3.90. The Morgan fingerprint density at radius 2 is 2.00 bits per heavy atom. The predicted octanol–water partition coefficient (Wildman–Crippen LogP) is 3.68. The van der Waals surface area contributed by atoms with Crippen molar-refractivity contribution in [2.45, 2.75) is 49.9 Å². The Kier molecular flexibility index (Phi) is 2.75. The molecule has 1 aromatic carbocycles. The van der Waals surface area contributed by atoms with Gasteiger partial charge in [0.15, 0.2) is 0 Å². The summed E-state index contributed by atoms with van der Waals surface area (Å²) in [5.41, 5.74) is 3.37. The van der Waals surface area contributed by atoms with Crippen LogP contribution in [-0.4, -0.2) is 11.3 Å². The summed E-state index contributed by atoms with van der Waals surface area (Å²) in [5.74, 6) is 1.21. The maximum atomic E-state index is 3.90. The van der Waals surface area contributed by atoms with E-state index in [4.69, 9.17) is 0 Å². The molecule has 17 heavy (non-hydrogen) atoms. The van der Waals surface area contributed by atoms with Crippen LogP contribution in [0.2, 0.25) is 0 Å². The molecule has 1 N–H and O–H groups in total. The van der Waals surface area contributed by atoms with Crippen LogP contribution in [0.3, 0.4) is 0 Å². The van der Waals surface area contributed by atoms with Crippen LogP contribution in [0.25, 0.3) is 0 Å². The van der Waals surface area contributed by atoms with Gasteiger partial charge in [-0.1, -0.05) is 30.7 Å². The molecule has 0 bridgehead atoms. The van der Waals surface area contributed by atoms with Gasteiger partial charge in [-0.15, -0.1) is 11.8 Å². The lowest BCUT2D eigenvalue weighted by molar-refractivity contribution is 0.351. The molecular weight excluding hydrogens is 226 g/mol. The highest BCUT2D eigenvalue weighted by Crippen LogP contribution is 2.49. The first kappa shape index (κ1) is 11.6. The van der Waals surface area contributed by atoms with E-state index in [1.54, 1.807) is 11.1 Å². The molecule has 1 nitrogen and oxygen atoms in total. The lowest BCUT2D eigenvalue weighted by Crippen LogP contribution is -2.45. The van der Waals surface area contributed by atoms with E-state index in [1.807, 2.05) is 0 Å². The molecule has 1 spiro atoms. The van der Waals surface area contributed by atoms with Gasteiger partial charge < -0.3 is 0 Å². The van der Waals surface area contributed by atoms with Crippen molar-refractivity contribution in [1.29, 1.82) is 0 Å². The van der Waals surface area contributed by atoms with Gasteiger partial charge in [-0.25, -0.2) is 0 Å². The van der Waals surface area contributed by atoms with Crippen molar-refractivity contribution in [3.05, 3.63) is 35.4 Å². The SMILES string of the molecule is CC1(C)CSC2(CCCCc3ccccc32)N1. The second kappa shape index (κ2) is 4.03. The summed E-state index contributed by atoms with van der Waals surface area (Å²) in [4.78, 5) is 0.191. The average Bonchev–Trinajstić information content (AvgIpc) is 2.52. The van der Waals surface area contributed by atoms with Crippen molar-refractivity contribution >= 4 is 11.8 Å². The molecule has 3 rings (SSSR count). The van der Waals surface area contributed by atoms with Crippen LogP contribution in [0.1, 0.15) is 44.2 Å². The number of nitrogens with one attached hydrogen (secondary N) is 1. The van der Waals surface area contributed by atoms with Gasteiger partial charge >= 0.3 is 0 Å². The molecule has 0 aromatic heterocycles. The van der Waals surface area contributed by atoms with Crippen molar-refractivity contribution in [2.24, 2.45) is 0 Å². The minimum atomic E-state index is 0.191. The van der Waals surface area contributed by atoms with Crippen LogP contribution < -0.4 is 5.32 Å². The molecular formula is C15H21NS. The van der Waals surface area contributed by atoms with Gasteiger partial charge in [-0.05, 0) is 44.2 Å². The number of benzene rings is 1. The summed E-state index contributed by atoms with van der Waals surface area (Å²) < 4.78 is 0. The Labute approximate surface area is 108 Å². The molecule has 1 saturated heterocycles. The summed E-state index contributed by atoms with van der Waals surface area (Å²) in [6.45, 7) is 4.64. The summed E-state index contributed by atoms with van der Waals surface area (Å²) in [5, 5.41) is 3.90. The highest BCUT2D eigenvalue weighted by molar-refractivity contribution is 8.00. The Bertz CT molecular complexity index is 427. The summed E-state index contributed by atoms with van der Waals surface area (Å²) >= 11 is 2.12. The van der Waals surface area contributed by atoms with Gasteiger partial charge in [0.2, 0.25) is 0 Å². The monoisotopic (exact) mass is 247 g/mol. The Morgan fingerprint density at radius 3 is 2.76 bits per heavy atom. The zero-order chi connectivity index (χ0) is 11.9. The van der Waals surface area contributed by atoms with Crippen molar-refractivity contribution in [3.63, 3.8) is 0 Å². The molecule has 1 aromatic rings. The lowest BCUT2D eigenvalue weighted by Gasteiger charge is -2.32. The maximum Gasteiger partial charge on any atom is 0.0909 e. The standard InChI is InChI=1S/C15H21NS/c1-14(2)11-17-15(16-14)10-6-5-8-12-7-3-4-9-13(12)15/h3-4,7,9,16H,5-6,8,10-11H2,1-2H3. The van der Waals surface area contributed by atoms with Gasteiger partial charge in [0.1, 0.15) is 0 Å². The zero-order valence-corrected chi connectivity index (χ0v) is 11.6. The summed E-state index contributed by atoms with van der Waals surface area (Å²) in [7, 11) is 0. The fraction of sp³-hybridized carbons (Fsp3) is 0.600. The first-order chi connectivity index (χ1) is 8.11. The molecule has 1 atom stereocenters. The van der Waals surface area contributed by atoms with E-state index in [9.17, 15) is 0 Å². The fourth-order valence-electron chi connectivity index (χ4n) is 3.16. The van der Waals surface area contributed by atoms with E-state index in [1.165, 1.54) is 31.4 Å². The van der Waals surface area contributed by atoms with Crippen LogP contribution in [0.15, 0.2) is 24.3 Å². The van der Waals surface area contributed by atoms with E-state index in [2.05, 4.69) is 55.2 Å². The minimum Gasteiger partial charge on any atom is -0.293 e. The molecule has 1 heterocycles. The minimum absolute atomic E-state index is 0.191. The summed E-state index contributed by atoms with van der Waals surface area (Å²) in [6.07, 6.45) is 5.20. The van der Waals surface area contributed by atoms with Crippen molar-refractivity contribution < 1.29 is 0 Å². The van der Waals surface area contributed by atoms with Crippen LogP contribution in [0, 0.1) is 0 Å². The van der Waals surface area contributed by atoms with Crippen LogP contribution >= 0.6 is 11.8 Å². The van der Waals surface area contributed by atoms with Gasteiger partial charge in [0.05, 0.1) is 4.87 Å². The number of thioether (sulfide) groups is 1. The Balaban J connectivity index is 2.06. The van der Waals surface area contributed by atoms with Crippen LogP contribution in [0.4, 0.5) is 0 Å². The number of rotatable bonds is 0. The van der Waals surface area contributed by atoms with Crippen LogP contribution in [0.5, 0.6) is 0 Å². The molecule has 1 aliphatic carbocycles. The number of fused-ring (bicyclic) bond motifs is 2. The molecule has 2 heteroatoms. The summed E-state index contributed by atoms with van der Waals surface area (Å²) in [6, 6.07) is 9.03. The maximum absolute atomic E-state index is 3.90. The topological polar surface area (TPSA) is 12.0 Å². The number of hydrogen-bond donors (Lipinski definition) is 1. The van der Waals surface area contributed by atoms with Crippen molar-refractivity contribution in [3.8, 4) is 0 Å². The van der Waals surface area contributed by atoms with Crippen LogP contribution in [-0.2, 0) is 11.3 Å². The van der Waals surface area contributed by atoms with E-state index in [-0.39, 0.29) is 10.4 Å². The lowest BCUT2D eigenvalue weighted by atomic mass is 9.96. The quantitative estimate of drug-likeness (QED) is 0.750. The molecule has 2 aliphatic rings. The highest BCUT2D eigenvalue weighted by Gasteiger charge is 2.45. The predicted molar refractivity (Wildman–Crippen MR) is 75.3 cm³/mol. The smallest absolute Gasteiger partial charge is 0.0909 e. The van der Waals surface area contributed by atoms with Gasteiger partial charge in [0.25, 0.3) is 0 Å². The second-order valence-corrected chi connectivity index (χ2v) is 7.26. The fourth-order valence-corrected chi connectivity index (χ4v) is 4.83. The molecule has 1 fully saturated rings. The molecule has 0 radical (unpaired) electrons. The highest BCUT2D eigenvalue weighted by atomic mass is 32.2. The molecule has 0 saturated carbocycles. The Morgan fingerprint density at radius 1 is 1.18 bits per heavy atom. The number of hydrogen-bond acceptors (Lipinski definition) is 2. The molecule has 1 unspecified atom stereocenters. The molecule has 1 aliphatic heterocycles. The molecule has 0 amide bonds. The van der Waals surface area contributed by atoms with Gasteiger partial charge in [-0.3, -0.25) is 5.32 Å². The van der Waals surface area contributed by atoms with Gasteiger partial charge in [0, 0.05) is 11.3 Å². The average molecular weight is 247 g/mol. The van der Waals surface area contributed by atoms with E-state index in [0.29, 0.717) is 0 Å². The second-order valence-electron chi connectivity index (χ2n) is 5.99.